The molecule has 31 heavy (non-hydrogen) atoms. The van der Waals surface area contributed by atoms with Gasteiger partial charge in [0.15, 0.2) is 11.5 Å². The minimum absolute atomic E-state index is 0.107. The van der Waals surface area contributed by atoms with Gasteiger partial charge in [-0.15, -0.1) is 5.10 Å². The maximum atomic E-state index is 14.8. The lowest BCUT2D eigenvalue weighted by Gasteiger charge is -2.21. The van der Waals surface area contributed by atoms with Crippen molar-refractivity contribution < 1.29 is 4.39 Å². The number of nitriles is 1. The molecule has 0 unspecified atom stereocenters. The number of hydrogen-bond donors (Lipinski definition) is 0. The van der Waals surface area contributed by atoms with E-state index >= 15 is 0 Å². The Bertz CT molecular complexity index is 1280. The average molecular weight is 417 g/mol. The minimum atomic E-state index is -0.407. The van der Waals surface area contributed by atoms with E-state index < -0.39 is 5.82 Å². The quantitative estimate of drug-likeness (QED) is 0.437. The summed E-state index contributed by atoms with van der Waals surface area (Å²) in [7, 11) is 0. The molecule has 4 aromatic rings. The molecule has 1 saturated heterocycles. The molecule has 0 saturated carbocycles. The Kier molecular flexibility index (Phi) is 5.72. The van der Waals surface area contributed by atoms with Crippen LogP contribution >= 0.6 is 0 Å². The fourth-order valence-corrected chi connectivity index (χ4v) is 4.13. The second-order valence-electron chi connectivity index (χ2n) is 7.84. The molecular formula is C22H25BFN7. The maximum Gasteiger partial charge on any atom is 0.268 e. The van der Waals surface area contributed by atoms with Crippen molar-refractivity contribution in [1.82, 2.24) is 29.6 Å². The van der Waals surface area contributed by atoms with E-state index in [1.165, 1.54) is 6.07 Å². The summed E-state index contributed by atoms with van der Waals surface area (Å²) in [6.45, 7) is 7.99. The second-order valence-corrected chi connectivity index (χ2v) is 7.84. The van der Waals surface area contributed by atoms with Crippen LogP contribution in [0, 0.1) is 30.9 Å². The summed E-state index contributed by atoms with van der Waals surface area (Å²) in [5, 5.41) is 22.6. The summed E-state index contributed by atoms with van der Waals surface area (Å²) >= 11 is 0. The summed E-state index contributed by atoms with van der Waals surface area (Å²) in [4.78, 5) is 6.09. The first-order valence-corrected chi connectivity index (χ1v) is 10.8. The Morgan fingerprint density at radius 1 is 1.10 bits per heavy atom. The molecule has 3 aromatic heterocycles. The number of aryl methyl sites for hydroxylation is 2. The van der Waals surface area contributed by atoms with Crippen molar-refractivity contribution in [2.45, 2.75) is 59.2 Å². The van der Waals surface area contributed by atoms with Gasteiger partial charge in [0.1, 0.15) is 11.0 Å². The van der Waals surface area contributed by atoms with Crippen molar-refractivity contribution in [3.05, 3.63) is 41.5 Å². The molecule has 5 rings (SSSR count). The summed E-state index contributed by atoms with van der Waals surface area (Å²) in [5.74, 6) is 1.93. The van der Waals surface area contributed by atoms with Gasteiger partial charge in [-0.25, -0.2) is 19.2 Å². The number of rotatable bonds is 2. The molecule has 0 N–H and O–H groups in total. The lowest BCUT2D eigenvalue weighted by Crippen LogP contribution is -2.23. The lowest BCUT2D eigenvalue weighted by molar-refractivity contribution is 0.374. The van der Waals surface area contributed by atoms with Crippen molar-refractivity contribution in [3.8, 4) is 17.2 Å². The molecule has 1 aromatic carbocycles. The highest BCUT2D eigenvalue weighted by molar-refractivity contribution is 6.67. The Balaban J connectivity index is 0.00000112. The normalized spacial score (nSPS) is 14.5. The molecule has 0 bridgehead atoms. The van der Waals surface area contributed by atoms with Crippen molar-refractivity contribution >= 4 is 23.4 Å². The molecule has 0 amide bonds. The first-order chi connectivity index (χ1) is 15.0. The predicted molar refractivity (Wildman–Crippen MR) is 120 cm³/mol. The molecule has 1 aliphatic heterocycles. The maximum absolute atomic E-state index is 14.8. The van der Waals surface area contributed by atoms with Gasteiger partial charge in [0.05, 0.1) is 23.6 Å². The molecule has 1 fully saturated rings. The van der Waals surface area contributed by atoms with E-state index in [0.29, 0.717) is 16.8 Å². The fourth-order valence-electron chi connectivity index (χ4n) is 4.13. The second kappa shape index (κ2) is 8.46. The van der Waals surface area contributed by atoms with Crippen molar-refractivity contribution in [2.24, 2.45) is 0 Å². The number of aromatic nitrogens is 6. The van der Waals surface area contributed by atoms with Crippen LogP contribution in [-0.4, -0.2) is 36.3 Å². The summed E-state index contributed by atoms with van der Waals surface area (Å²) in [6.07, 6.45) is 5.20. The Morgan fingerprint density at radius 2 is 1.84 bits per heavy atom. The summed E-state index contributed by atoms with van der Waals surface area (Å²) < 4.78 is 16.6. The standard InChI is InChI=1S/C20H19BFN7.C2H6/c1-12-7-17(25-28-10-13(2)24-20(12)28)14-8-16(22)19-18(9-14)26-29(27-19)15-3-5-21(11-23)6-4-15;1-2/h7-10,15H,3-6H2,1-2H3;1-2H3. The zero-order valence-corrected chi connectivity index (χ0v) is 18.3. The van der Waals surface area contributed by atoms with Crippen molar-refractivity contribution in [1.29, 1.82) is 5.26 Å². The van der Waals surface area contributed by atoms with Gasteiger partial charge in [0.2, 0.25) is 0 Å². The van der Waals surface area contributed by atoms with Crippen LogP contribution in [0.3, 0.4) is 0 Å². The van der Waals surface area contributed by atoms with Gasteiger partial charge in [-0.05, 0) is 50.5 Å². The molecule has 0 atom stereocenters. The molecule has 9 heteroatoms. The largest absolute Gasteiger partial charge is 0.268 e. The third-order valence-corrected chi connectivity index (χ3v) is 5.69. The van der Waals surface area contributed by atoms with Gasteiger partial charge in [-0.1, -0.05) is 26.5 Å². The smallest absolute Gasteiger partial charge is 0.232 e. The molecule has 158 valence electrons. The number of nitrogens with zero attached hydrogens (tertiary/aromatic N) is 7. The van der Waals surface area contributed by atoms with E-state index in [2.05, 4.69) is 26.2 Å². The molecular weight excluding hydrogens is 392 g/mol. The zero-order chi connectivity index (χ0) is 22.1. The molecule has 0 radical (unpaired) electrons. The Labute approximate surface area is 181 Å². The summed E-state index contributed by atoms with van der Waals surface area (Å²) in [5.41, 5.74) is 4.77. The average Bonchev–Trinajstić information content (AvgIpc) is 3.39. The van der Waals surface area contributed by atoms with E-state index in [0.717, 1.165) is 42.4 Å². The zero-order valence-electron chi connectivity index (χ0n) is 18.3. The number of benzene rings is 1. The van der Waals surface area contributed by atoms with Crippen molar-refractivity contribution in [3.63, 3.8) is 0 Å². The van der Waals surface area contributed by atoms with E-state index in [1.54, 1.807) is 9.31 Å². The van der Waals surface area contributed by atoms with Crippen LogP contribution in [0.2, 0.25) is 12.6 Å². The van der Waals surface area contributed by atoms with Crippen LogP contribution in [0.5, 0.6) is 0 Å². The summed E-state index contributed by atoms with van der Waals surface area (Å²) in [6, 6.07) is 5.32. The van der Waals surface area contributed by atoms with Crippen LogP contribution in [0.25, 0.3) is 27.9 Å². The molecule has 7 nitrogen and oxygen atoms in total. The molecule has 4 heterocycles. The van der Waals surface area contributed by atoms with Gasteiger partial charge >= 0.3 is 0 Å². The predicted octanol–water partition coefficient (Wildman–Crippen LogP) is 4.82. The highest BCUT2D eigenvalue weighted by atomic mass is 19.1. The van der Waals surface area contributed by atoms with Gasteiger partial charge in [-0.3, -0.25) is 0 Å². The van der Waals surface area contributed by atoms with Crippen molar-refractivity contribution in [2.75, 3.05) is 0 Å². The van der Waals surface area contributed by atoms with E-state index in [9.17, 15) is 4.39 Å². The Hall–Kier alpha value is -3.28. The highest BCUT2D eigenvalue weighted by Crippen LogP contribution is 2.30. The Morgan fingerprint density at radius 3 is 2.55 bits per heavy atom. The minimum Gasteiger partial charge on any atom is -0.232 e. The van der Waals surface area contributed by atoms with Crippen LogP contribution < -0.4 is 0 Å². The number of hydrogen-bond acceptors (Lipinski definition) is 5. The monoisotopic (exact) mass is 417 g/mol. The molecule has 0 aliphatic carbocycles. The fraction of sp³-hybridized carbons (Fsp3) is 0.409. The van der Waals surface area contributed by atoms with Gasteiger partial charge in [0, 0.05) is 11.5 Å². The van der Waals surface area contributed by atoms with Crippen LogP contribution in [0.4, 0.5) is 4.39 Å². The van der Waals surface area contributed by atoms with E-state index in [-0.39, 0.29) is 18.3 Å². The topological polar surface area (TPSA) is 84.7 Å². The van der Waals surface area contributed by atoms with Gasteiger partial charge < -0.3 is 0 Å². The number of fused-ring (bicyclic) bond motifs is 2. The SMILES string of the molecule is CC.Cc1cn2nc(-c3cc(F)c4nn(C5CCB(C#N)CC5)nc4c3)cc(C)c2n1. The lowest BCUT2D eigenvalue weighted by atomic mass is 9.42. The third kappa shape index (κ3) is 3.90. The third-order valence-electron chi connectivity index (χ3n) is 5.69. The first kappa shape index (κ1) is 21.0. The number of imidazole rings is 1. The molecule has 0 spiro atoms. The van der Waals surface area contributed by atoms with Gasteiger partial charge in [-0.2, -0.15) is 15.0 Å². The van der Waals surface area contributed by atoms with Crippen LogP contribution in [-0.2, 0) is 0 Å². The van der Waals surface area contributed by atoms with Crippen LogP contribution in [0.1, 0.15) is 44.0 Å². The van der Waals surface area contributed by atoms with E-state index in [4.69, 9.17) is 5.26 Å². The first-order valence-electron chi connectivity index (χ1n) is 10.8. The number of halogens is 1. The highest BCUT2D eigenvalue weighted by Gasteiger charge is 2.27. The van der Waals surface area contributed by atoms with E-state index in [1.807, 2.05) is 46.0 Å². The molecule has 1 aliphatic rings. The van der Waals surface area contributed by atoms with Gasteiger partial charge in [0.25, 0.3) is 6.71 Å². The van der Waals surface area contributed by atoms with Crippen LogP contribution in [0.15, 0.2) is 24.4 Å².